The maximum absolute atomic E-state index is 11.8. The van der Waals surface area contributed by atoms with E-state index in [0.29, 0.717) is 5.82 Å². The molecule has 0 bridgehead atoms. The molecule has 2 aromatic heterocycles. The van der Waals surface area contributed by atoms with Crippen molar-refractivity contribution < 1.29 is 9.53 Å². The van der Waals surface area contributed by atoms with Gasteiger partial charge in [-0.15, -0.1) is 5.10 Å². The molecule has 0 unspecified atom stereocenters. The van der Waals surface area contributed by atoms with E-state index >= 15 is 0 Å². The van der Waals surface area contributed by atoms with Crippen LogP contribution in [-0.2, 0) is 4.74 Å². The van der Waals surface area contributed by atoms with E-state index in [4.69, 9.17) is 4.74 Å². The predicted octanol–water partition coefficient (Wildman–Crippen LogP) is 0.545. The lowest BCUT2D eigenvalue weighted by Gasteiger charge is -2.18. The van der Waals surface area contributed by atoms with E-state index in [1.54, 1.807) is 20.8 Å². The van der Waals surface area contributed by atoms with Gasteiger partial charge in [-0.05, 0) is 20.8 Å². The van der Waals surface area contributed by atoms with Crippen molar-refractivity contribution in [3.8, 4) is 11.5 Å². The SMILES string of the molecule is CC(C)(C)OC(=O)c1n[nH]nc1-c1ncn[nH]1. The van der Waals surface area contributed by atoms with Gasteiger partial charge in [0.05, 0.1) is 0 Å². The number of hydrogen-bond acceptors (Lipinski definition) is 6. The number of carbonyl (C=O) groups is 1. The average Bonchev–Trinajstić information content (AvgIpc) is 2.85. The number of aromatic amines is 2. The minimum atomic E-state index is -0.589. The summed E-state index contributed by atoms with van der Waals surface area (Å²) < 4.78 is 5.20. The van der Waals surface area contributed by atoms with Crippen molar-refractivity contribution >= 4 is 5.97 Å². The fourth-order valence-electron chi connectivity index (χ4n) is 1.18. The lowest BCUT2D eigenvalue weighted by atomic mass is 10.2. The fraction of sp³-hybridized carbons (Fsp3) is 0.444. The number of nitrogens with one attached hydrogen (secondary N) is 2. The van der Waals surface area contributed by atoms with Crippen LogP contribution in [0.25, 0.3) is 11.5 Å². The Morgan fingerprint density at radius 2 is 2.12 bits per heavy atom. The zero-order chi connectivity index (χ0) is 12.5. The van der Waals surface area contributed by atoms with Crippen LogP contribution in [0.15, 0.2) is 6.33 Å². The van der Waals surface area contributed by atoms with Crippen molar-refractivity contribution in [2.75, 3.05) is 0 Å². The van der Waals surface area contributed by atoms with E-state index in [1.807, 2.05) is 0 Å². The Hall–Kier alpha value is -2.25. The average molecular weight is 236 g/mol. The maximum Gasteiger partial charge on any atom is 0.361 e. The predicted molar refractivity (Wildman–Crippen MR) is 56.9 cm³/mol. The Balaban J connectivity index is 2.29. The Kier molecular flexibility index (Phi) is 2.62. The molecule has 0 radical (unpaired) electrons. The first kappa shape index (κ1) is 11.2. The molecule has 2 N–H and O–H groups in total. The molecule has 2 rings (SSSR count). The summed E-state index contributed by atoms with van der Waals surface area (Å²) in [7, 11) is 0. The zero-order valence-corrected chi connectivity index (χ0v) is 9.68. The van der Waals surface area contributed by atoms with Crippen LogP contribution in [0, 0.1) is 0 Å². The minimum absolute atomic E-state index is 0.0803. The van der Waals surface area contributed by atoms with Crippen LogP contribution < -0.4 is 0 Å². The van der Waals surface area contributed by atoms with E-state index in [2.05, 4.69) is 30.6 Å². The summed E-state index contributed by atoms with van der Waals surface area (Å²) in [5, 5.41) is 16.3. The third kappa shape index (κ3) is 2.47. The molecule has 0 aromatic carbocycles. The second-order valence-electron chi connectivity index (χ2n) is 4.36. The van der Waals surface area contributed by atoms with E-state index < -0.39 is 11.6 Å². The van der Waals surface area contributed by atoms with Crippen molar-refractivity contribution in [3.05, 3.63) is 12.0 Å². The lowest BCUT2D eigenvalue weighted by Crippen LogP contribution is -2.24. The molecule has 90 valence electrons. The molecule has 2 aromatic rings. The maximum atomic E-state index is 11.8. The molecule has 0 fully saturated rings. The van der Waals surface area contributed by atoms with Gasteiger partial charge in [-0.25, -0.2) is 9.78 Å². The quantitative estimate of drug-likeness (QED) is 0.736. The topological polar surface area (TPSA) is 109 Å². The highest BCUT2D eigenvalue weighted by atomic mass is 16.6. The number of hydrogen-bond donors (Lipinski definition) is 2. The Morgan fingerprint density at radius 3 is 2.71 bits per heavy atom. The molecule has 0 aliphatic heterocycles. The molecule has 0 aliphatic rings. The van der Waals surface area contributed by atoms with E-state index in [1.165, 1.54) is 6.33 Å². The molecule has 0 saturated heterocycles. The highest BCUT2D eigenvalue weighted by Crippen LogP contribution is 2.17. The Labute approximate surface area is 96.8 Å². The van der Waals surface area contributed by atoms with Crippen LogP contribution in [0.1, 0.15) is 31.3 Å². The number of ether oxygens (including phenoxy) is 1. The van der Waals surface area contributed by atoms with Crippen LogP contribution in [0.4, 0.5) is 0 Å². The van der Waals surface area contributed by atoms with Gasteiger partial charge in [0.25, 0.3) is 0 Å². The van der Waals surface area contributed by atoms with Gasteiger partial charge in [-0.2, -0.15) is 15.4 Å². The number of aromatic nitrogens is 6. The van der Waals surface area contributed by atoms with Crippen molar-refractivity contribution in [1.82, 2.24) is 30.6 Å². The van der Waals surface area contributed by atoms with Gasteiger partial charge >= 0.3 is 5.97 Å². The number of H-pyrrole nitrogens is 2. The van der Waals surface area contributed by atoms with Gasteiger partial charge in [-0.3, -0.25) is 5.10 Å². The monoisotopic (exact) mass is 236 g/mol. The summed E-state index contributed by atoms with van der Waals surface area (Å²) in [5.74, 6) is -0.197. The molecule has 0 spiro atoms. The molecule has 8 heteroatoms. The highest BCUT2D eigenvalue weighted by Gasteiger charge is 2.25. The molecular formula is C9H12N6O2. The zero-order valence-electron chi connectivity index (χ0n) is 9.68. The van der Waals surface area contributed by atoms with Crippen molar-refractivity contribution in [2.45, 2.75) is 26.4 Å². The van der Waals surface area contributed by atoms with Crippen LogP contribution in [0.5, 0.6) is 0 Å². The van der Waals surface area contributed by atoms with Gasteiger partial charge in [0.15, 0.2) is 11.5 Å². The second kappa shape index (κ2) is 3.96. The molecule has 8 nitrogen and oxygen atoms in total. The van der Waals surface area contributed by atoms with Crippen molar-refractivity contribution in [2.24, 2.45) is 0 Å². The summed E-state index contributed by atoms with van der Waals surface area (Å²) >= 11 is 0. The number of carbonyl (C=O) groups excluding carboxylic acids is 1. The molecule has 0 aliphatic carbocycles. The highest BCUT2D eigenvalue weighted by molar-refractivity contribution is 5.93. The van der Waals surface area contributed by atoms with Crippen LogP contribution >= 0.6 is 0 Å². The Morgan fingerprint density at radius 1 is 1.35 bits per heavy atom. The van der Waals surface area contributed by atoms with Crippen molar-refractivity contribution in [1.29, 1.82) is 0 Å². The van der Waals surface area contributed by atoms with Crippen LogP contribution in [0.2, 0.25) is 0 Å². The largest absolute Gasteiger partial charge is 0.455 e. The summed E-state index contributed by atoms with van der Waals surface area (Å²) in [5.41, 5.74) is -0.220. The summed E-state index contributed by atoms with van der Waals surface area (Å²) in [6.07, 6.45) is 1.32. The molecular weight excluding hydrogens is 224 g/mol. The minimum Gasteiger partial charge on any atom is -0.455 e. The first-order valence-corrected chi connectivity index (χ1v) is 4.97. The summed E-state index contributed by atoms with van der Waals surface area (Å²) in [6, 6.07) is 0. The molecule has 17 heavy (non-hydrogen) atoms. The van der Waals surface area contributed by atoms with Gasteiger partial charge in [-0.1, -0.05) is 0 Å². The lowest BCUT2D eigenvalue weighted by molar-refractivity contribution is 0.00636. The standard InChI is InChI=1S/C9H12N6O2/c1-9(2,3)17-8(16)6-5(12-15-13-6)7-10-4-11-14-7/h4H,1-3H3,(H,10,11,14)(H,12,13,15). The first-order chi connectivity index (χ1) is 7.97. The number of esters is 1. The summed E-state index contributed by atoms with van der Waals surface area (Å²) in [6.45, 7) is 5.33. The first-order valence-electron chi connectivity index (χ1n) is 4.97. The van der Waals surface area contributed by atoms with E-state index in [0.717, 1.165) is 0 Å². The van der Waals surface area contributed by atoms with Gasteiger partial charge in [0.2, 0.25) is 5.69 Å². The molecule has 0 saturated carbocycles. The van der Waals surface area contributed by atoms with E-state index in [9.17, 15) is 4.79 Å². The smallest absolute Gasteiger partial charge is 0.361 e. The number of nitrogens with zero attached hydrogens (tertiary/aromatic N) is 4. The van der Waals surface area contributed by atoms with E-state index in [-0.39, 0.29) is 11.4 Å². The van der Waals surface area contributed by atoms with Gasteiger partial charge < -0.3 is 4.74 Å². The normalized spacial score (nSPS) is 11.5. The van der Waals surface area contributed by atoms with Crippen molar-refractivity contribution in [3.63, 3.8) is 0 Å². The molecule has 0 amide bonds. The Bertz CT molecular complexity index is 510. The van der Waals surface area contributed by atoms with Crippen LogP contribution in [0.3, 0.4) is 0 Å². The van der Waals surface area contributed by atoms with Crippen LogP contribution in [-0.4, -0.2) is 42.2 Å². The van der Waals surface area contributed by atoms with Gasteiger partial charge in [0.1, 0.15) is 11.9 Å². The molecule has 2 heterocycles. The van der Waals surface area contributed by atoms with Gasteiger partial charge in [0, 0.05) is 0 Å². The summed E-state index contributed by atoms with van der Waals surface area (Å²) in [4.78, 5) is 15.7. The second-order valence-corrected chi connectivity index (χ2v) is 4.36. The fourth-order valence-corrected chi connectivity index (χ4v) is 1.18. The third-order valence-electron chi connectivity index (χ3n) is 1.78. The molecule has 0 atom stereocenters. The number of rotatable bonds is 2. The third-order valence-corrected chi connectivity index (χ3v) is 1.78.